The summed E-state index contributed by atoms with van der Waals surface area (Å²) in [5, 5.41) is 11.1. The first-order chi connectivity index (χ1) is 13.7. The van der Waals surface area contributed by atoms with Crippen molar-refractivity contribution in [3.63, 3.8) is 0 Å². The van der Waals surface area contributed by atoms with Crippen molar-refractivity contribution in [1.82, 2.24) is 24.8 Å². The van der Waals surface area contributed by atoms with Crippen molar-refractivity contribution in [2.45, 2.75) is 24.5 Å². The Labute approximate surface area is 173 Å². The number of sulfonamides is 1. The first-order valence-electron chi connectivity index (χ1n) is 8.66. The summed E-state index contributed by atoms with van der Waals surface area (Å²) in [6.07, 6.45) is -0.906. The van der Waals surface area contributed by atoms with Crippen LogP contribution in [-0.4, -0.2) is 54.0 Å². The number of hydrogen-bond donors (Lipinski definition) is 1. The van der Waals surface area contributed by atoms with Crippen molar-refractivity contribution in [1.29, 1.82) is 0 Å². The van der Waals surface area contributed by atoms with E-state index < -0.39 is 16.1 Å². The topological polar surface area (TPSA) is 106 Å². The van der Waals surface area contributed by atoms with Crippen LogP contribution in [-0.2, 0) is 21.4 Å². The maximum absolute atomic E-state index is 12.4. The largest absolute Gasteiger partial charge is 0.382 e. The molecule has 1 unspecified atom stereocenters. The van der Waals surface area contributed by atoms with E-state index in [0.717, 1.165) is 14.7 Å². The molecule has 0 aliphatic rings. The quantitative estimate of drug-likeness (QED) is 0.599. The summed E-state index contributed by atoms with van der Waals surface area (Å²) in [6.45, 7) is 1.80. The maximum Gasteiger partial charge on any atom is 0.263 e. The van der Waals surface area contributed by atoms with E-state index in [1.165, 1.54) is 32.3 Å². The molecule has 154 valence electrons. The average Bonchev–Trinajstić information content (AvgIpc) is 3.09. The van der Waals surface area contributed by atoms with E-state index in [1.54, 1.807) is 19.1 Å². The number of nitrogens with one attached hydrogen (secondary N) is 1. The molecule has 1 aromatic heterocycles. The van der Waals surface area contributed by atoms with Crippen molar-refractivity contribution in [2.24, 2.45) is 0 Å². The monoisotopic (exact) mass is 437 g/mol. The highest BCUT2D eigenvalue weighted by Crippen LogP contribution is 2.19. The predicted molar refractivity (Wildman–Crippen MR) is 108 cm³/mol. The van der Waals surface area contributed by atoms with Crippen molar-refractivity contribution < 1.29 is 18.0 Å². The molecule has 0 aliphatic heterocycles. The molecule has 0 aliphatic carbocycles. The van der Waals surface area contributed by atoms with E-state index in [-0.39, 0.29) is 17.3 Å². The molecular weight excluding hydrogens is 418 g/mol. The number of amides is 1. The van der Waals surface area contributed by atoms with Crippen LogP contribution in [0.25, 0.3) is 11.0 Å². The van der Waals surface area contributed by atoms with Gasteiger partial charge in [0.05, 0.1) is 4.90 Å². The second kappa shape index (κ2) is 8.36. The Morgan fingerprint density at radius 2 is 2.00 bits per heavy atom. The molecule has 0 fully saturated rings. The molecule has 1 heterocycles. The molecule has 3 rings (SSSR count). The van der Waals surface area contributed by atoms with Crippen LogP contribution in [0.4, 0.5) is 0 Å². The number of rotatable bonds is 7. The Hall–Kier alpha value is -2.69. The molecule has 0 spiro atoms. The normalized spacial score (nSPS) is 12.9. The third-order valence-electron chi connectivity index (χ3n) is 4.20. The van der Waals surface area contributed by atoms with Gasteiger partial charge in [-0.2, -0.15) is 0 Å². The van der Waals surface area contributed by atoms with Crippen molar-refractivity contribution in [3.05, 3.63) is 53.1 Å². The molecule has 29 heavy (non-hydrogen) atoms. The number of fused-ring (bicyclic) bond motifs is 1. The Balaban J connectivity index is 1.75. The first kappa shape index (κ1) is 21.0. The molecule has 0 saturated heterocycles. The summed E-state index contributed by atoms with van der Waals surface area (Å²) >= 11 is 6.08. The molecule has 0 bridgehead atoms. The van der Waals surface area contributed by atoms with Gasteiger partial charge < -0.3 is 10.2 Å². The Kier molecular flexibility index (Phi) is 6.06. The molecular formula is C18H20ClN5O4S. The second-order valence-corrected chi connectivity index (χ2v) is 9.02. The van der Waals surface area contributed by atoms with Crippen molar-refractivity contribution in [3.8, 4) is 0 Å². The summed E-state index contributed by atoms with van der Waals surface area (Å²) in [6, 6.07) is 11.6. The molecule has 0 saturated carbocycles. The number of benzene rings is 2. The van der Waals surface area contributed by atoms with Crippen LogP contribution in [0.5, 0.6) is 0 Å². The van der Waals surface area contributed by atoms with E-state index >= 15 is 0 Å². The van der Waals surface area contributed by atoms with Crippen LogP contribution in [0, 0.1) is 0 Å². The summed E-state index contributed by atoms with van der Waals surface area (Å²) in [5.41, 5.74) is 1.55. The highest BCUT2D eigenvalue weighted by Gasteiger charge is 2.21. The number of carbonyl (C=O) groups is 1. The third-order valence-corrected chi connectivity index (χ3v) is 6.38. The Morgan fingerprint density at radius 1 is 1.28 bits per heavy atom. The molecule has 11 heteroatoms. The van der Waals surface area contributed by atoms with Crippen LogP contribution in [0.2, 0.25) is 5.02 Å². The number of hydrogen-bond acceptors (Lipinski definition) is 6. The van der Waals surface area contributed by atoms with Gasteiger partial charge in [0, 0.05) is 25.7 Å². The summed E-state index contributed by atoms with van der Waals surface area (Å²) in [7, 11) is -0.751. The fourth-order valence-corrected chi connectivity index (χ4v) is 3.62. The van der Waals surface area contributed by atoms with Crippen LogP contribution >= 0.6 is 11.6 Å². The zero-order chi connectivity index (χ0) is 21.2. The lowest BCUT2D eigenvalue weighted by Gasteiger charge is -2.15. The van der Waals surface area contributed by atoms with Crippen LogP contribution in [0.3, 0.4) is 0 Å². The summed E-state index contributed by atoms with van der Waals surface area (Å²) in [5.74, 6) is -0.384. The van der Waals surface area contributed by atoms with Gasteiger partial charge in [-0.05, 0) is 42.0 Å². The van der Waals surface area contributed by atoms with Crippen LogP contribution in [0.15, 0.2) is 47.4 Å². The standard InChI is InChI=1S/C18H20ClN5O4S/c1-12(18(25)20-11-13-6-4-5-7-15(13)19)28-24-17-10-14(29(26,27)23(2)3)8-9-16(17)21-22-24/h4-10,12H,11H2,1-3H3,(H,20,25). The molecule has 1 amide bonds. The molecule has 2 aromatic carbocycles. The van der Waals surface area contributed by atoms with E-state index in [0.29, 0.717) is 16.1 Å². The summed E-state index contributed by atoms with van der Waals surface area (Å²) in [4.78, 5) is 19.0. The highest BCUT2D eigenvalue weighted by molar-refractivity contribution is 7.89. The molecule has 1 N–H and O–H groups in total. The van der Waals surface area contributed by atoms with Gasteiger partial charge in [-0.3, -0.25) is 4.79 Å². The van der Waals surface area contributed by atoms with Gasteiger partial charge in [-0.15, -0.1) is 5.10 Å². The summed E-state index contributed by atoms with van der Waals surface area (Å²) < 4.78 is 25.8. The molecule has 9 nitrogen and oxygen atoms in total. The molecule has 0 radical (unpaired) electrons. The van der Waals surface area contributed by atoms with E-state index in [2.05, 4.69) is 15.6 Å². The van der Waals surface area contributed by atoms with Gasteiger partial charge in [0.1, 0.15) is 11.0 Å². The zero-order valence-corrected chi connectivity index (χ0v) is 17.6. The van der Waals surface area contributed by atoms with E-state index in [4.69, 9.17) is 16.4 Å². The lowest BCUT2D eigenvalue weighted by Crippen LogP contribution is -2.39. The first-order valence-corrected chi connectivity index (χ1v) is 10.5. The Morgan fingerprint density at radius 3 is 2.69 bits per heavy atom. The molecule has 3 aromatic rings. The minimum absolute atomic E-state index is 0.0676. The van der Waals surface area contributed by atoms with Gasteiger partial charge in [-0.1, -0.05) is 34.6 Å². The number of nitrogens with zero attached hydrogens (tertiary/aromatic N) is 4. The van der Waals surface area contributed by atoms with Gasteiger partial charge in [0.25, 0.3) is 5.91 Å². The second-order valence-electron chi connectivity index (χ2n) is 6.46. The lowest BCUT2D eigenvalue weighted by atomic mass is 10.2. The lowest BCUT2D eigenvalue weighted by molar-refractivity contribution is -0.133. The highest BCUT2D eigenvalue weighted by atomic mass is 35.5. The van der Waals surface area contributed by atoms with Crippen LogP contribution in [0.1, 0.15) is 12.5 Å². The number of aromatic nitrogens is 3. The van der Waals surface area contributed by atoms with E-state index in [1.807, 2.05) is 12.1 Å². The third kappa shape index (κ3) is 4.50. The fraction of sp³-hybridized carbons (Fsp3) is 0.278. The number of carbonyl (C=O) groups excluding carboxylic acids is 1. The van der Waals surface area contributed by atoms with Crippen molar-refractivity contribution in [2.75, 3.05) is 14.1 Å². The van der Waals surface area contributed by atoms with Gasteiger partial charge in [0.2, 0.25) is 16.1 Å². The average molecular weight is 438 g/mol. The zero-order valence-electron chi connectivity index (χ0n) is 16.0. The van der Waals surface area contributed by atoms with E-state index in [9.17, 15) is 13.2 Å². The molecule has 1 atom stereocenters. The SMILES string of the molecule is CC(On1nnc2ccc(S(=O)(=O)N(C)C)cc21)C(=O)NCc1ccccc1Cl. The van der Waals surface area contributed by atoms with Gasteiger partial charge in [-0.25, -0.2) is 12.7 Å². The Bertz CT molecular complexity index is 1150. The minimum atomic E-state index is -3.63. The fourth-order valence-electron chi connectivity index (χ4n) is 2.49. The van der Waals surface area contributed by atoms with Gasteiger partial charge >= 0.3 is 0 Å². The number of halogens is 1. The van der Waals surface area contributed by atoms with Crippen molar-refractivity contribution >= 4 is 38.6 Å². The maximum atomic E-state index is 12.4. The van der Waals surface area contributed by atoms with Crippen LogP contribution < -0.4 is 10.2 Å². The minimum Gasteiger partial charge on any atom is -0.382 e. The van der Waals surface area contributed by atoms with Gasteiger partial charge in [0.15, 0.2) is 0 Å². The predicted octanol–water partition coefficient (Wildman–Crippen LogP) is 1.47. The smallest absolute Gasteiger partial charge is 0.263 e.